The van der Waals surface area contributed by atoms with Gasteiger partial charge in [-0.15, -0.1) is 0 Å². The molecule has 5 N–H and O–H groups in total. The first-order valence-corrected chi connectivity index (χ1v) is 9.48. The topological polar surface area (TPSA) is 146 Å². The molecule has 0 unspecified atom stereocenters. The molecule has 1 saturated heterocycles. The molecule has 9 nitrogen and oxygen atoms in total. The van der Waals surface area contributed by atoms with Crippen LogP contribution in [0.15, 0.2) is 42.5 Å². The van der Waals surface area contributed by atoms with Crippen LogP contribution in [-0.4, -0.2) is 68.6 Å². The quantitative estimate of drug-likeness (QED) is 0.472. The van der Waals surface area contributed by atoms with Gasteiger partial charge >= 0.3 is 0 Å². The van der Waals surface area contributed by atoms with Gasteiger partial charge in [0.25, 0.3) is 0 Å². The largest absolute Gasteiger partial charge is 0.508 e. The number of aliphatic hydroxyl groups is 4. The van der Waals surface area contributed by atoms with E-state index in [1.54, 1.807) is 0 Å². The summed E-state index contributed by atoms with van der Waals surface area (Å²) in [5, 5.41) is 49.4. The molecule has 1 fully saturated rings. The second-order valence-corrected chi connectivity index (χ2v) is 7.28. The molecule has 2 aliphatic heterocycles. The highest BCUT2D eigenvalue weighted by molar-refractivity contribution is 6.02. The van der Waals surface area contributed by atoms with Gasteiger partial charge in [0.1, 0.15) is 53.3 Å². The third-order valence-corrected chi connectivity index (χ3v) is 5.23. The van der Waals surface area contributed by atoms with E-state index >= 15 is 0 Å². The van der Waals surface area contributed by atoms with Crippen LogP contribution in [0.4, 0.5) is 0 Å². The van der Waals surface area contributed by atoms with Gasteiger partial charge in [0.15, 0.2) is 5.78 Å². The number of ketones is 1. The van der Waals surface area contributed by atoms with E-state index in [4.69, 9.17) is 14.2 Å². The van der Waals surface area contributed by atoms with Crippen molar-refractivity contribution < 1.29 is 44.5 Å². The van der Waals surface area contributed by atoms with Crippen LogP contribution in [0.25, 0.3) is 0 Å². The van der Waals surface area contributed by atoms with Crippen LogP contribution < -0.4 is 9.47 Å². The fraction of sp³-hybridized carbons (Fsp3) is 0.381. The van der Waals surface area contributed by atoms with E-state index < -0.39 is 43.4 Å². The summed E-state index contributed by atoms with van der Waals surface area (Å²) in [5.74, 6) is -0.537. The van der Waals surface area contributed by atoms with Gasteiger partial charge in [-0.3, -0.25) is 4.79 Å². The molecule has 0 aliphatic carbocycles. The molecular formula is C21H22O9. The van der Waals surface area contributed by atoms with E-state index in [1.165, 1.54) is 12.1 Å². The zero-order valence-corrected chi connectivity index (χ0v) is 15.8. The predicted octanol–water partition coefficient (Wildman–Crippen LogP) is 0.277. The highest BCUT2D eigenvalue weighted by Gasteiger charge is 2.45. The Bertz CT molecular complexity index is 914. The maximum atomic E-state index is 12.9. The lowest BCUT2D eigenvalue weighted by molar-refractivity contribution is -0.277. The van der Waals surface area contributed by atoms with Crippen molar-refractivity contribution in [2.24, 2.45) is 0 Å². The third kappa shape index (κ3) is 3.73. The standard InChI is InChI=1S/C21H22O9/c22-9-16-18(25)19(26)20(27)21(30-16)29-15-7-11(23)6-14-17(15)12(24)8-13(28-14)10-4-2-1-3-5-10/h1-7,13,16,18-23,25-27H,8-9H2/t13-,16+,18-,19-,20-,21+/m1/s1. The van der Waals surface area contributed by atoms with E-state index in [0.717, 1.165) is 5.56 Å². The highest BCUT2D eigenvalue weighted by Crippen LogP contribution is 2.43. The zero-order valence-electron chi connectivity index (χ0n) is 15.8. The summed E-state index contributed by atoms with van der Waals surface area (Å²) in [5.41, 5.74) is 0.869. The number of rotatable bonds is 4. The summed E-state index contributed by atoms with van der Waals surface area (Å²) in [6.45, 7) is -0.621. The number of aliphatic hydroxyl groups excluding tert-OH is 4. The Labute approximate surface area is 171 Å². The van der Waals surface area contributed by atoms with Crippen LogP contribution in [0, 0.1) is 0 Å². The van der Waals surface area contributed by atoms with Crippen LogP contribution in [0.1, 0.15) is 28.4 Å². The number of phenols is 1. The molecule has 2 aromatic rings. The molecule has 0 spiro atoms. The number of phenolic OH excluding ortho intramolecular Hbond substituents is 1. The van der Waals surface area contributed by atoms with Gasteiger partial charge in [-0.1, -0.05) is 30.3 Å². The third-order valence-electron chi connectivity index (χ3n) is 5.23. The van der Waals surface area contributed by atoms with Crippen LogP contribution in [0.3, 0.4) is 0 Å². The summed E-state index contributed by atoms with van der Waals surface area (Å²) in [6.07, 6.45) is -8.00. The van der Waals surface area contributed by atoms with Crippen LogP contribution in [0.5, 0.6) is 17.2 Å². The van der Waals surface area contributed by atoms with Gasteiger partial charge in [0.2, 0.25) is 6.29 Å². The number of hydrogen-bond acceptors (Lipinski definition) is 9. The molecule has 0 aromatic heterocycles. The molecule has 0 amide bonds. The Kier molecular flexibility index (Phi) is 5.63. The maximum Gasteiger partial charge on any atom is 0.229 e. The van der Waals surface area contributed by atoms with E-state index in [2.05, 4.69) is 0 Å². The van der Waals surface area contributed by atoms with Gasteiger partial charge in [0, 0.05) is 12.1 Å². The first-order chi connectivity index (χ1) is 14.4. The molecular weight excluding hydrogens is 396 g/mol. The van der Waals surface area contributed by atoms with Gasteiger partial charge in [-0.2, -0.15) is 0 Å². The number of aromatic hydroxyl groups is 1. The number of carbonyl (C=O) groups excluding carboxylic acids is 1. The lowest BCUT2D eigenvalue weighted by Gasteiger charge is -2.40. The van der Waals surface area contributed by atoms with Crippen molar-refractivity contribution in [1.29, 1.82) is 0 Å². The Balaban J connectivity index is 1.63. The zero-order chi connectivity index (χ0) is 21.4. The molecule has 30 heavy (non-hydrogen) atoms. The minimum Gasteiger partial charge on any atom is -0.508 e. The van der Waals surface area contributed by atoms with E-state index in [-0.39, 0.29) is 35.0 Å². The van der Waals surface area contributed by atoms with Crippen LogP contribution >= 0.6 is 0 Å². The lowest BCUT2D eigenvalue weighted by atomic mass is 9.95. The first kappa shape index (κ1) is 20.6. The van der Waals surface area contributed by atoms with Crippen LogP contribution in [-0.2, 0) is 4.74 Å². The van der Waals surface area contributed by atoms with Crippen molar-refractivity contribution in [3.63, 3.8) is 0 Å². The summed E-state index contributed by atoms with van der Waals surface area (Å²) in [6, 6.07) is 11.6. The van der Waals surface area contributed by atoms with Crippen molar-refractivity contribution in [2.45, 2.75) is 43.2 Å². The smallest absolute Gasteiger partial charge is 0.229 e. The number of Topliss-reactive ketones (excluding diaryl/α,β-unsaturated/α-hetero) is 1. The number of hydrogen-bond donors (Lipinski definition) is 5. The van der Waals surface area contributed by atoms with Crippen molar-refractivity contribution in [1.82, 2.24) is 0 Å². The molecule has 160 valence electrons. The second kappa shape index (κ2) is 8.21. The minimum atomic E-state index is -1.66. The molecule has 2 aromatic carbocycles. The molecule has 2 heterocycles. The fourth-order valence-corrected chi connectivity index (χ4v) is 3.65. The van der Waals surface area contributed by atoms with E-state index in [0.29, 0.717) is 0 Å². The van der Waals surface area contributed by atoms with Crippen molar-refractivity contribution >= 4 is 5.78 Å². The molecule has 2 aliphatic rings. The maximum absolute atomic E-state index is 12.9. The average Bonchev–Trinajstić information content (AvgIpc) is 2.74. The number of benzene rings is 2. The lowest BCUT2D eigenvalue weighted by Crippen LogP contribution is -2.60. The van der Waals surface area contributed by atoms with Crippen LogP contribution in [0.2, 0.25) is 0 Å². The second-order valence-electron chi connectivity index (χ2n) is 7.28. The molecule has 4 rings (SSSR count). The average molecular weight is 418 g/mol. The summed E-state index contributed by atoms with van der Waals surface area (Å²) >= 11 is 0. The molecule has 9 heteroatoms. The first-order valence-electron chi connectivity index (χ1n) is 9.48. The Morgan fingerprint density at radius 3 is 2.47 bits per heavy atom. The Morgan fingerprint density at radius 1 is 1.03 bits per heavy atom. The fourth-order valence-electron chi connectivity index (χ4n) is 3.65. The number of carbonyl (C=O) groups is 1. The predicted molar refractivity (Wildman–Crippen MR) is 101 cm³/mol. The minimum absolute atomic E-state index is 0.0346. The number of ether oxygens (including phenoxy) is 3. The molecule has 6 atom stereocenters. The van der Waals surface area contributed by atoms with Gasteiger partial charge < -0.3 is 39.7 Å². The Morgan fingerprint density at radius 2 is 1.77 bits per heavy atom. The monoisotopic (exact) mass is 418 g/mol. The summed E-state index contributed by atoms with van der Waals surface area (Å²) < 4.78 is 16.8. The summed E-state index contributed by atoms with van der Waals surface area (Å²) in [7, 11) is 0. The summed E-state index contributed by atoms with van der Waals surface area (Å²) in [4.78, 5) is 12.9. The van der Waals surface area contributed by atoms with Crippen molar-refractivity contribution in [2.75, 3.05) is 6.61 Å². The van der Waals surface area contributed by atoms with E-state index in [1.807, 2.05) is 30.3 Å². The molecule has 0 bridgehead atoms. The molecule has 0 saturated carbocycles. The van der Waals surface area contributed by atoms with Gasteiger partial charge in [0.05, 0.1) is 13.0 Å². The highest BCUT2D eigenvalue weighted by atomic mass is 16.7. The van der Waals surface area contributed by atoms with E-state index in [9.17, 15) is 30.3 Å². The van der Waals surface area contributed by atoms with Gasteiger partial charge in [-0.25, -0.2) is 0 Å². The van der Waals surface area contributed by atoms with Gasteiger partial charge in [-0.05, 0) is 5.56 Å². The molecule has 0 radical (unpaired) electrons. The SMILES string of the molecule is O=C1C[C@H](c2ccccc2)Oc2cc(O)cc(O[C@H]3O[C@@H](CO)[C@@H](O)[C@@H](O)[C@H]3O)c21. The number of fused-ring (bicyclic) bond motifs is 1. The normalized spacial score (nSPS) is 31.0. The Hall–Kier alpha value is -2.69. The van der Waals surface area contributed by atoms with Crippen molar-refractivity contribution in [3.8, 4) is 17.2 Å². The van der Waals surface area contributed by atoms with Crippen molar-refractivity contribution in [3.05, 3.63) is 53.6 Å².